The summed E-state index contributed by atoms with van der Waals surface area (Å²) in [6.07, 6.45) is -3.14. The quantitative estimate of drug-likeness (QED) is 0.409. The maximum atomic E-state index is 12.5. The lowest BCUT2D eigenvalue weighted by Gasteiger charge is -2.08. The summed E-state index contributed by atoms with van der Waals surface area (Å²) in [7, 11) is 0. The van der Waals surface area contributed by atoms with E-state index in [1.165, 1.54) is 12.1 Å². The van der Waals surface area contributed by atoms with Gasteiger partial charge >= 0.3 is 6.18 Å². The van der Waals surface area contributed by atoms with E-state index in [-0.39, 0.29) is 0 Å². The highest BCUT2D eigenvalue weighted by molar-refractivity contribution is 5.46. The van der Waals surface area contributed by atoms with Gasteiger partial charge in [-0.1, -0.05) is 41.5 Å². The monoisotopic (exact) mass is 291 g/mol. The third kappa shape index (κ3) is 4.00. The molecule has 0 radical (unpaired) electrons. The third-order valence-corrected chi connectivity index (χ3v) is 3.11. The second-order valence-electron chi connectivity index (χ2n) is 4.51. The molecule has 0 fully saturated rings. The first-order valence-electron chi connectivity index (χ1n) is 6.30. The Labute approximate surface area is 119 Å². The van der Waals surface area contributed by atoms with E-state index >= 15 is 0 Å². The van der Waals surface area contributed by atoms with Gasteiger partial charge in [0.1, 0.15) is 0 Å². The molecule has 2 aromatic rings. The number of hydrogen-bond acceptors (Lipinski definition) is 1. The lowest BCUT2D eigenvalue weighted by Crippen LogP contribution is -2.04. The molecule has 0 N–H and O–H groups in total. The summed E-state index contributed by atoms with van der Waals surface area (Å²) in [6.45, 7) is 0. The molecule has 0 unspecified atom stereocenters. The lowest BCUT2D eigenvalue weighted by atomic mass is 10.0. The molecule has 0 aromatic heterocycles. The average Bonchev–Trinajstić information content (AvgIpc) is 2.46. The van der Waals surface area contributed by atoms with E-state index in [0.29, 0.717) is 18.5 Å². The molecule has 0 aliphatic rings. The Morgan fingerprint density at radius 2 is 1.62 bits per heavy atom. The van der Waals surface area contributed by atoms with Gasteiger partial charge in [-0.05, 0) is 41.6 Å². The van der Waals surface area contributed by atoms with Gasteiger partial charge < -0.3 is 0 Å². The summed E-state index contributed by atoms with van der Waals surface area (Å²) in [6, 6.07) is 12.3. The highest BCUT2D eigenvalue weighted by atomic mass is 19.4. The molecule has 0 saturated carbocycles. The van der Waals surface area contributed by atoms with Crippen molar-refractivity contribution in [3.05, 3.63) is 75.7 Å². The number of alkyl halides is 3. The van der Waals surface area contributed by atoms with Crippen LogP contribution in [0.4, 0.5) is 18.9 Å². The molecule has 3 nitrogen and oxygen atoms in total. The van der Waals surface area contributed by atoms with Gasteiger partial charge in [-0.25, -0.2) is 0 Å². The predicted octanol–water partition coefficient (Wildman–Crippen LogP) is 5.43. The van der Waals surface area contributed by atoms with Crippen molar-refractivity contribution in [3.8, 4) is 0 Å². The number of azide groups is 1. The predicted molar refractivity (Wildman–Crippen MR) is 74.1 cm³/mol. The highest BCUT2D eigenvalue weighted by Crippen LogP contribution is 2.29. The first-order valence-corrected chi connectivity index (χ1v) is 6.30. The van der Waals surface area contributed by atoms with E-state index in [1.807, 2.05) is 12.1 Å². The standard InChI is InChI=1S/C15H12F3N3/c16-15(17,18)13-9-6-11(7-10-13)5-8-12-3-1-2-4-14(12)20-21-19/h1-4,6-7,9-10H,5,8H2. The molecule has 0 aliphatic heterocycles. The van der Waals surface area contributed by atoms with Crippen LogP contribution in [0.2, 0.25) is 0 Å². The first-order chi connectivity index (χ1) is 10.0. The molecule has 2 aromatic carbocycles. The fourth-order valence-electron chi connectivity index (χ4n) is 2.01. The maximum Gasteiger partial charge on any atom is 0.416 e. The van der Waals surface area contributed by atoms with Crippen LogP contribution in [0.15, 0.2) is 53.6 Å². The molecule has 0 saturated heterocycles. The van der Waals surface area contributed by atoms with Crippen LogP contribution in [0, 0.1) is 0 Å². The zero-order valence-electron chi connectivity index (χ0n) is 11.0. The van der Waals surface area contributed by atoms with Crippen LogP contribution < -0.4 is 0 Å². The molecule has 0 atom stereocenters. The summed E-state index contributed by atoms with van der Waals surface area (Å²) in [4.78, 5) is 2.76. The summed E-state index contributed by atoms with van der Waals surface area (Å²) in [5.41, 5.74) is 10.1. The van der Waals surface area contributed by atoms with E-state index in [2.05, 4.69) is 10.0 Å². The van der Waals surface area contributed by atoms with Crippen LogP contribution in [0.1, 0.15) is 16.7 Å². The lowest BCUT2D eigenvalue weighted by molar-refractivity contribution is -0.137. The van der Waals surface area contributed by atoms with Crippen molar-refractivity contribution < 1.29 is 13.2 Å². The molecule has 21 heavy (non-hydrogen) atoms. The average molecular weight is 291 g/mol. The van der Waals surface area contributed by atoms with Crippen molar-refractivity contribution in [1.29, 1.82) is 0 Å². The van der Waals surface area contributed by atoms with Crippen molar-refractivity contribution in [2.75, 3.05) is 0 Å². The minimum atomic E-state index is -4.31. The number of halogens is 3. The zero-order chi connectivity index (χ0) is 15.3. The first kappa shape index (κ1) is 14.9. The Kier molecular flexibility index (Phi) is 4.50. The third-order valence-electron chi connectivity index (χ3n) is 3.11. The molecule has 108 valence electrons. The van der Waals surface area contributed by atoms with Gasteiger partial charge in [0.25, 0.3) is 0 Å². The SMILES string of the molecule is [N-]=[N+]=Nc1ccccc1CCc1ccc(C(F)(F)F)cc1. The van der Waals surface area contributed by atoms with Crippen LogP contribution in [-0.2, 0) is 19.0 Å². The summed E-state index contributed by atoms with van der Waals surface area (Å²) >= 11 is 0. The molecule has 0 spiro atoms. The van der Waals surface area contributed by atoms with Crippen LogP contribution >= 0.6 is 0 Å². The van der Waals surface area contributed by atoms with Crippen molar-refractivity contribution in [2.24, 2.45) is 5.11 Å². The van der Waals surface area contributed by atoms with Crippen molar-refractivity contribution >= 4 is 5.69 Å². The number of aryl methyl sites for hydroxylation is 2. The summed E-state index contributed by atoms with van der Waals surface area (Å²) in [5.74, 6) is 0. The second kappa shape index (κ2) is 6.33. The normalized spacial score (nSPS) is 11.0. The molecular formula is C15H12F3N3. The highest BCUT2D eigenvalue weighted by Gasteiger charge is 2.29. The molecule has 0 bridgehead atoms. The Balaban J connectivity index is 2.08. The largest absolute Gasteiger partial charge is 0.416 e. The number of benzene rings is 2. The van der Waals surface area contributed by atoms with Crippen LogP contribution in [0.3, 0.4) is 0 Å². The fraction of sp³-hybridized carbons (Fsp3) is 0.200. The van der Waals surface area contributed by atoms with E-state index in [9.17, 15) is 13.2 Å². The van der Waals surface area contributed by atoms with Crippen molar-refractivity contribution in [2.45, 2.75) is 19.0 Å². The molecule has 0 amide bonds. The Hall–Kier alpha value is -2.46. The Morgan fingerprint density at radius 3 is 2.24 bits per heavy atom. The van der Waals surface area contributed by atoms with E-state index in [0.717, 1.165) is 23.3 Å². The molecular weight excluding hydrogens is 279 g/mol. The van der Waals surface area contributed by atoms with Gasteiger partial charge in [-0.3, -0.25) is 0 Å². The van der Waals surface area contributed by atoms with Gasteiger partial charge in [0.2, 0.25) is 0 Å². The number of rotatable bonds is 4. The topological polar surface area (TPSA) is 48.8 Å². The Morgan fingerprint density at radius 1 is 0.952 bits per heavy atom. The minimum Gasteiger partial charge on any atom is -0.166 e. The summed E-state index contributed by atoms with van der Waals surface area (Å²) < 4.78 is 37.4. The minimum absolute atomic E-state index is 0.548. The van der Waals surface area contributed by atoms with Crippen molar-refractivity contribution in [3.63, 3.8) is 0 Å². The number of hydrogen-bond donors (Lipinski definition) is 0. The number of nitrogens with zero attached hydrogens (tertiary/aromatic N) is 3. The smallest absolute Gasteiger partial charge is 0.166 e. The molecule has 0 aliphatic carbocycles. The fourth-order valence-corrected chi connectivity index (χ4v) is 2.01. The summed E-state index contributed by atoms with van der Waals surface area (Å²) in [5, 5.41) is 3.60. The van der Waals surface area contributed by atoms with Crippen molar-refractivity contribution in [1.82, 2.24) is 0 Å². The van der Waals surface area contributed by atoms with E-state index in [1.54, 1.807) is 12.1 Å². The second-order valence-corrected chi connectivity index (χ2v) is 4.51. The molecule has 0 heterocycles. The van der Waals surface area contributed by atoms with Crippen LogP contribution in [0.5, 0.6) is 0 Å². The molecule has 2 rings (SSSR count). The van der Waals surface area contributed by atoms with Gasteiger partial charge in [-0.2, -0.15) is 13.2 Å². The van der Waals surface area contributed by atoms with E-state index in [4.69, 9.17) is 5.53 Å². The van der Waals surface area contributed by atoms with Gasteiger partial charge in [-0.15, -0.1) is 0 Å². The molecule has 6 heteroatoms. The zero-order valence-corrected chi connectivity index (χ0v) is 11.0. The Bertz CT molecular complexity index is 657. The van der Waals surface area contributed by atoms with Crippen LogP contribution in [0.25, 0.3) is 10.4 Å². The van der Waals surface area contributed by atoms with Gasteiger partial charge in [0.05, 0.1) is 5.56 Å². The maximum absolute atomic E-state index is 12.5. The van der Waals surface area contributed by atoms with E-state index < -0.39 is 11.7 Å². The van der Waals surface area contributed by atoms with Gasteiger partial charge in [0.15, 0.2) is 0 Å². The van der Waals surface area contributed by atoms with Gasteiger partial charge in [0, 0.05) is 10.6 Å². The van der Waals surface area contributed by atoms with Crippen LogP contribution in [-0.4, -0.2) is 0 Å².